The van der Waals surface area contributed by atoms with E-state index in [1.54, 1.807) is 26.2 Å². The Morgan fingerprint density at radius 2 is 1.96 bits per heavy atom. The second-order valence-electron chi connectivity index (χ2n) is 6.32. The minimum atomic E-state index is -3.59. The van der Waals surface area contributed by atoms with Gasteiger partial charge in [0, 0.05) is 32.2 Å². The maximum absolute atomic E-state index is 12.4. The first-order valence-electron chi connectivity index (χ1n) is 9.02. The molecule has 152 valence electrons. The van der Waals surface area contributed by atoms with Crippen molar-refractivity contribution in [1.82, 2.24) is 14.7 Å². The minimum Gasteiger partial charge on any atom is -0.496 e. The van der Waals surface area contributed by atoms with Crippen LogP contribution in [0.3, 0.4) is 0 Å². The molecule has 3 rings (SSSR count). The molecule has 0 radical (unpaired) electrons. The molecule has 1 aliphatic rings. The van der Waals surface area contributed by atoms with Crippen LogP contribution in [-0.2, 0) is 14.8 Å². The van der Waals surface area contributed by atoms with Crippen LogP contribution < -0.4 is 19.7 Å². The summed E-state index contributed by atoms with van der Waals surface area (Å²) in [6.45, 7) is 5.37. The summed E-state index contributed by atoms with van der Waals surface area (Å²) in [6, 6.07) is 6.62. The molecule has 2 heterocycles. The predicted octanol–water partition coefficient (Wildman–Crippen LogP) is 1.02. The van der Waals surface area contributed by atoms with E-state index in [4.69, 9.17) is 9.47 Å². The van der Waals surface area contributed by atoms with Crippen LogP contribution in [-0.4, -0.2) is 64.9 Å². The fourth-order valence-electron chi connectivity index (χ4n) is 2.89. The number of aryl methyl sites for hydroxylation is 1. The zero-order chi connectivity index (χ0) is 20.0. The quantitative estimate of drug-likeness (QED) is 0.625. The predicted molar refractivity (Wildman–Crippen MR) is 106 cm³/mol. The van der Waals surface area contributed by atoms with Gasteiger partial charge >= 0.3 is 0 Å². The molecule has 0 aliphatic carbocycles. The number of morpholine rings is 1. The van der Waals surface area contributed by atoms with Gasteiger partial charge in [0.15, 0.2) is 0 Å². The molecule has 2 aromatic rings. The van der Waals surface area contributed by atoms with Gasteiger partial charge in [0.1, 0.15) is 23.7 Å². The van der Waals surface area contributed by atoms with Crippen LogP contribution in [0, 0.1) is 6.92 Å². The van der Waals surface area contributed by atoms with Gasteiger partial charge in [-0.2, -0.15) is 0 Å². The fourth-order valence-corrected chi connectivity index (χ4v) is 4.00. The molecule has 2 N–H and O–H groups in total. The number of sulfonamides is 1. The number of anilines is 2. The van der Waals surface area contributed by atoms with Crippen LogP contribution in [0.4, 0.5) is 11.6 Å². The van der Waals surface area contributed by atoms with Gasteiger partial charge in [-0.3, -0.25) is 0 Å². The maximum atomic E-state index is 12.4. The van der Waals surface area contributed by atoms with Crippen molar-refractivity contribution in [3.63, 3.8) is 0 Å². The maximum Gasteiger partial charge on any atom is 0.240 e. The van der Waals surface area contributed by atoms with Crippen molar-refractivity contribution >= 4 is 21.7 Å². The number of hydrogen-bond donors (Lipinski definition) is 2. The molecule has 1 aliphatic heterocycles. The molecule has 1 saturated heterocycles. The largest absolute Gasteiger partial charge is 0.496 e. The van der Waals surface area contributed by atoms with E-state index in [0.717, 1.165) is 24.5 Å². The van der Waals surface area contributed by atoms with Gasteiger partial charge in [0.25, 0.3) is 0 Å². The van der Waals surface area contributed by atoms with Crippen LogP contribution in [0.1, 0.15) is 5.56 Å². The van der Waals surface area contributed by atoms with E-state index in [0.29, 0.717) is 31.3 Å². The number of ether oxygens (including phenoxy) is 2. The molecule has 1 aromatic carbocycles. The van der Waals surface area contributed by atoms with Crippen molar-refractivity contribution in [1.29, 1.82) is 0 Å². The van der Waals surface area contributed by atoms with E-state index in [-0.39, 0.29) is 11.4 Å². The molecule has 0 amide bonds. The summed E-state index contributed by atoms with van der Waals surface area (Å²) in [5.74, 6) is 2.13. The Hall–Kier alpha value is -2.43. The molecule has 1 aromatic heterocycles. The number of hydrogen-bond acceptors (Lipinski definition) is 8. The van der Waals surface area contributed by atoms with Crippen molar-refractivity contribution in [3.05, 3.63) is 36.2 Å². The van der Waals surface area contributed by atoms with Crippen LogP contribution in [0.25, 0.3) is 0 Å². The third-order valence-electron chi connectivity index (χ3n) is 4.39. The summed E-state index contributed by atoms with van der Waals surface area (Å²) in [6.07, 6.45) is 1.50. The highest BCUT2D eigenvalue weighted by atomic mass is 32.2. The lowest BCUT2D eigenvalue weighted by Gasteiger charge is -2.27. The number of nitrogens with one attached hydrogen (secondary N) is 2. The highest BCUT2D eigenvalue weighted by Crippen LogP contribution is 2.21. The molecular weight excluding hydrogens is 382 g/mol. The molecule has 1 fully saturated rings. The number of aromatic nitrogens is 2. The lowest BCUT2D eigenvalue weighted by Crippen LogP contribution is -2.36. The summed E-state index contributed by atoms with van der Waals surface area (Å²) in [5, 5.41) is 3.12. The van der Waals surface area contributed by atoms with Gasteiger partial charge in [0.2, 0.25) is 10.0 Å². The summed E-state index contributed by atoms with van der Waals surface area (Å²) < 4.78 is 38.0. The van der Waals surface area contributed by atoms with Crippen molar-refractivity contribution < 1.29 is 17.9 Å². The zero-order valence-corrected chi connectivity index (χ0v) is 16.8. The molecule has 28 heavy (non-hydrogen) atoms. The van der Waals surface area contributed by atoms with E-state index < -0.39 is 10.0 Å². The van der Waals surface area contributed by atoms with Crippen molar-refractivity contribution in [2.45, 2.75) is 11.8 Å². The second-order valence-corrected chi connectivity index (χ2v) is 8.08. The Balaban J connectivity index is 1.53. The Morgan fingerprint density at radius 1 is 1.18 bits per heavy atom. The Bertz CT molecular complexity index is 901. The highest BCUT2D eigenvalue weighted by Gasteiger charge is 2.15. The van der Waals surface area contributed by atoms with E-state index >= 15 is 0 Å². The van der Waals surface area contributed by atoms with Gasteiger partial charge in [0.05, 0.1) is 25.2 Å². The van der Waals surface area contributed by atoms with Crippen molar-refractivity contribution in [2.24, 2.45) is 0 Å². The SMILES string of the molecule is COc1ccc(S(=O)(=O)NCCNc2cc(N3CCOCC3)ncn2)cc1C. The van der Waals surface area contributed by atoms with Crippen LogP contribution in [0.15, 0.2) is 35.5 Å². The Morgan fingerprint density at radius 3 is 2.68 bits per heavy atom. The Labute approximate surface area is 165 Å². The third-order valence-corrected chi connectivity index (χ3v) is 5.85. The lowest BCUT2D eigenvalue weighted by atomic mass is 10.2. The standard InChI is InChI=1S/C18H25N5O4S/c1-14-11-15(3-4-16(14)26-2)28(24,25)22-6-5-19-17-12-18(21-13-20-17)23-7-9-27-10-8-23/h3-4,11-13,22H,5-10H2,1-2H3,(H,19,20,21). The molecule has 10 heteroatoms. The van der Waals surface area contributed by atoms with Crippen molar-refractivity contribution in [2.75, 3.05) is 56.7 Å². The van der Waals surface area contributed by atoms with Crippen LogP contribution in [0.5, 0.6) is 5.75 Å². The number of methoxy groups -OCH3 is 1. The van der Waals surface area contributed by atoms with Gasteiger partial charge < -0.3 is 19.7 Å². The third kappa shape index (κ3) is 5.09. The summed E-state index contributed by atoms with van der Waals surface area (Å²) in [4.78, 5) is 10.8. The van der Waals surface area contributed by atoms with Gasteiger partial charge in [-0.05, 0) is 30.7 Å². The number of rotatable bonds is 8. The average molecular weight is 407 g/mol. The first-order valence-corrected chi connectivity index (χ1v) is 10.5. The molecular formula is C18H25N5O4S. The molecule has 0 saturated carbocycles. The number of benzene rings is 1. The Kier molecular flexibility index (Phi) is 6.65. The highest BCUT2D eigenvalue weighted by molar-refractivity contribution is 7.89. The van der Waals surface area contributed by atoms with E-state index in [1.165, 1.54) is 12.4 Å². The smallest absolute Gasteiger partial charge is 0.240 e. The van der Waals surface area contributed by atoms with Gasteiger partial charge in [-0.25, -0.2) is 23.1 Å². The second kappa shape index (κ2) is 9.18. The normalized spacial score (nSPS) is 14.7. The molecule has 0 atom stereocenters. The van der Waals surface area contributed by atoms with E-state index in [2.05, 4.69) is 24.9 Å². The average Bonchev–Trinajstić information content (AvgIpc) is 2.72. The molecule has 9 nitrogen and oxygen atoms in total. The molecule has 0 unspecified atom stereocenters. The summed E-state index contributed by atoms with van der Waals surface area (Å²) in [7, 11) is -2.03. The lowest BCUT2D eigenvalue weighted by molar-refractivity contribution is 0.122. The monoisotopic (exact) mass is 407 g/mol. The first kappa shape index (κ1) is 20.3. The summed E-state index contributed by atoms with van der Waals surface area (Å²) in [5.41, 5.74) is 0.764. The first-order chi connectivity index (χ1) is 13.5. The van der Waals surface area contributed by atoms with E-state index in [1.807, 2.05) is 6.07 Å². The summed E-state index contributed by atoms with van der Waals surface area (Å²) >= 11 is 0. The van der Waals surface area contributed by atoms with Crippen LogP contribution in [0.2, 0.25) is 0 Å². The molecule has 0 spiro atoms. The van der Waals surface area contributed by atoms with Gasteiger partial charge in [-0.15, -0.1) is 0 Å². The topological polar surface area (TPSA) is 106 Å². The number of nitrogens with zero attached hydrogens (tertiary/aromatic N) is 3. The van der Waals surface area contributed by atoms with Crippen LogP contribution >= 0.6 is 0 Å². The fraction of sp³-hybridized carbons (Fsp3) is 0.444. The minimum absolute atomic E-state index is 0.211. The van der Waals surface area contributed by atoms with Gasteiger partial charge in [-0.1, -0.05) is 0 Å². The van der Waals surface area contributed by atoms with Crippen molar-refractivity contribution in [3.8, 4) is 5.75 Å². The zero-order valence-electron chi connectivity index (χ0n) is 16.0. The molecule has 0 bridgehead atoms. The van der Waals surface area contributed by atoms with E-state index in [9.17, 15) is 8.42 Å².